The molecule has 0 saturated carbocycles. The Balaban J connectivity index is 2.05. The molecule has 0 unspecified atom stereocenters. The minimum absolute atomic E-state index is 0.213. The van der Waals surface area contributed by atoms with Gasteiger partial charge in [0.15, 0.2) is 0 Å². The number of carbonyl (C=O) groups is 1. The van der Waals surface area contributed by atoms with Gasteiger partial charge in [-0.05, 0) is 35.2 Å². The number of amides is 1. The molecule has 3 nitrogen and oxygen atoms in total. The van der Waals surface area contributed by atoms with Crippen LogP contribution in [0.2, 0.25) is 0 Å². The highest BCUT2D eigenvalue weighted by Gasteiger charge is 2.13. The summed E-state index contributed by atoms with van der Waals surface area (Å²) < 4.78 is 13.1. The Morgan fingerprint density at radius 2 is 2.24 bits per heavy atom. The highest BCUT2D eigenvalue weighted by Crippen LogP contribution is 2.16. The number of nitrogens with two attached hydrogens (primary N) is 1. The first-order chi connectivity index (χ1) is 10.1. The van der Waals surface area contributed by atoms with E-state index in [1.54, 1.807) is 18.0 Å². The van der Waals surface area contributed by atoms with Gasteiger partial charge in [-0.2, -0.15) is 0 Å². The van der Waals surface area contributed by atoms with Crippen molar-refractivity contribution in [2.24, 2.45) is 5.73 Å². The van der Waals surface area contributed by atoms with Crippen LogP contribution in [0.5, 0.6) is 0 Å². The van der Waals surface area contributed by atoms with Crippen molar-refractivity contribution in [3.8, 4) is 11.8 Å². The molecule has 0 atom stereocenters. The molecule has 2 N–H and O–H groups in total. The summed E-state index contributed by atoms with van der Waals surface area (Å²) in [5, 5.41) is 1.95. The van der Waals surface area contributed by atoms with Crippen molar-refractivity contribution in [3.05, 3.63) is 57.5 Å². The van der Waals surface area contributed by atoms with Crippen LogP contribution in [-0.2, 0) is 6.54 Å². The topological polar surface area (TPSA) is 46.3 Å². The zero-order chi connectivity index (χ0) is 15.2. The second kappa shape index (κ2) is 7.02. The van der Waals surface area contributed by atoms with Gasteiger partial charge in [0, 0.05) is 19.2 Å². The lowest BCUT2D eigenvalue weighted by Gasteiger charge is -2.16. The predicted molar refractivity (Wildman–Crippen MR) is 82.4 cm³/mol. The number of nitrogens with zero attached hydrogens (tertiary/aromatic N) is 1. The van der Waals surface area contributed by atoms with Crippen molar-refractivity contribution in [2.75, 3.05) is 13.6 Å². The summed E-state index contributed by atoms with van der Waals surface area (Å²) in [4.78, 5) is 14.7. The quantitative estimate of drug-likeness (QED) is 0.885. The van der Waals surface area contributed by atoms with Crippen molar-refractivity contribution in [2.45, 2.75) is 6.54 Å². The Hall–Kier alpha value is -2.16. The summed E-state index contributed by atoms with van der Waals surface area (Å²) in [6.45, 7) is 0.779. The van der Waals surface area contributed by atoms with Crippen molar-refractivity contribution < 1.29 is 9.18 Å². The van der Waals surface area contributed by atoms with Crippen LogP contribution in [0.4, 0.5) is 4.39 Å². The van der Waals surface area contributed by atoms with Gasteiger partial charge in [0.1, 0.15) is 5.82 Å². The number of benzene rings is 1. The molecule has 5 heteroatoms. The fourth-order valence-corrected chi connectivity index (χ4v) is 2.62. The second-order valence-corrected chi connectivity index (χ2v) is 5.41. The second-order valence-electron chi connectivity index (χ2n) is 4.50. The van der Waals surface area contributed by atoms with Gasteiger partial charge < -0.3 is 10.6 Å². The number of rotatable bonds is 3. The Bertz CT molecular complexity index is 700. The first-order valence-electron chi connectivity index (χ1n) is 6.37. The van der Waals surface area contributed by atoms with Crippen molar-refractivity contribution in [3.63, 3.8) is 0 Å². The predicted octanol–water partition coefficient (Wildman–Crippen LogP) is 2.47. The number of hydrogen-bond donors (Lipinski definition) is 1. The van der Waals surface area contributed by atoms with E-state index in [9.17, 15) is 9.18 Å². The van der Waals surface area contributed by atoms with Crippen LogP contribution in [0, 0.1) is 17.7 Å². The van der Waals surface area contributed by atoms with E-state index in [2.05, 4.69) is 11.8 Å². The molecule has 108 valence electrons. The molecule has 2 aromatic rings. The third kappa shape index (κ3) is 4.15. The van der Waals surface area contributed by atoms with Crippen molar-refractivity contribution in [1.82, 2.24) is 4.90 Å². The zero-order valence-electron chi connectivity index (χ0n) is 11.6. The van der Waals surface area contributed by atoms with Crippen LogP contribution in [0.1, 0.15) is 20.8 Å². The summed E-state index contributed by atoms with van der Waals surface area (Å²) in [6, 6.07) is 7.63. The lowest BCUT2D eigenvalue weighted by molar-refractivity contribution is 0.0784. The van der Waals surface area contributed by atoms with Gasteiger partial charge in [0.25, 0.3) is 5.91 Å². The third-order valence-corrected chi connectivity index (χ3v) is 3.70. The molecule has 0 bridgehead atoms. The molecule has 1 aromatic heterocycles. The van der Waals surface area contributed by atoms with Gasteiger partial charge in [-0.25, -0.2) is 4.39 Å². The van der Waals surface area contributed by atoms with Crippen LogP contribution >= 0.6 is 11.3 Å². The minimum atomic E-state index is -0.413. The first-order valence-corrected chi connectivity index (χ1v) is 7.25. The molecule has 1 heterocycles. The molecule has 1 aromatic carbocycles. The van der Waals surface area contributed by atoms with E-state index in [1.165, 1.54) is 29.5 Å². The standard InChI is InChI=1S/C16H15FN2OS/c1-19(16(20)13-4-2-5-14(17)9-13)10-12-8-15(21-11-12)6-3-7-18/h2,4-5,8-9,11H,7,10,18H2,1H3. The lowest BCUT2D eigenvalue weighted by atomic mass is 10.2. The Labute approximate surface area is 127 Å². The third-order valence-electron chi connectivity index (χ3n) is 2.81. The summed E-state index contributed by atoms with van der Waals surface area (Å²) in [5.41, 5.74) is 6.67. The average molecular weight is 302 g/mol. The Morgan fingerprint density at radius 1 is 1.43 bits per heavy atom. The molecular formula is C16H15FN2OS. The summed E-state index contributed by atoms with van der Waals surface area (Å²) in [5.74, 6) is 5.12. The van der Waals surface area contributed by atoms with Crippen LogP contribution in [0.3, 0.4) is 0 Å². The maximum atomic E-state index is 13.1. The van der Waals surface area contributed by atoms with Crippen molar-refractivity contribution in [1.29, 1.82) is 0 Å². The number of halogens is 1. The molecule has 0 radical (unpaired) electrons. The number of thiophene rings is 1. The normalized spacial score (nSPS) is 9.86. The SMILES string of the molecule is CN(Cc1csc(C#CCN)c1)C(=O)c1cccc(F)c1. The van der Waals surface area contributed by atoms with Crippen molar-refractivity contribution >= 4 is 17.2 Å². The summed E-state index contributed by atoms with van der Waals surface area (Å²) in [6.07, 6.45) is 0. The van der Waals surface area contributed by atoms with Gasteiger partial charge in [0.05, 0.1) is 11.4 Å². The smallest absolute Gasteiger partial charge is 0.253 e. The molecule has 0 aliphatic carbocycles. The monoisotopic (exact) mass is 302 g/mol. The molecule has 0 spiro atoms. The molecule has 2 rings (SSSR count). The van der Waals surface area contributed by atoms with Crippen LogP contribution in [0.15, 0.2) is 35.7 Å². The molecule has 1 amide bonds. The number of carbonyl (C=O) groups excluding carboxylic acids is 1. The van der Waals surface area contributed by atoms with Gasteiger partial charge in [0.2, 0.25) is 0 Å². The van der Waals surface area contributed by atoms with E-state index in [-0.39, 0.29) is 5.91 Å². The largest absolute Gasteiger partial charge is 0.337 e. The maximum Gasteiger partial charge on any atom is 0.253 e. The Morgan fingerprint density at radius 3 is 2.95 bits per heavy atom. The fraction of sp³-hybridized carbons (Fsp3) is 0.188. The molecule has 0 fully saturated rings. The summed E-state index contributed by atoms with van der Waals surface area (Å²) >= 11 is 1.51. The van der Waals surface area contributed by atoms with Gasteiger partial charge in [-0.1, -0.05) is 17.9 Å². The van der Waals surface area contributed by atoms with E-state index in [4.69, 9.17) is 5.73 Å². The minimum Gasteiger partial charge on any atom is -0.337 e. The highest BCUT2D eigenvalue weighted by atomic mass is 32.1. The molecule has 21 heavy (non-hydrogen) atoms. The van der Waals surface area contributed by atoms with Crippen LogP contribution in [-0.4, -0.2) is 24.4 Å². The van der Waals surface area contributed by atoms with E-state index >= 15 is 0 Å². The molecule has 0 aliphatic heterocycles. The molecule has 0 saturated heterocycles. The van der Waals surface area contributed by atoms with E-state index < -0.39 is 5.82 Å². The first kappa shape index (κ1) is 15.2. The maximum absolute atomic E-state index is 13.1. The fourth-order valence-electron chi connectivity index (χ4n) is 1.85. The molecular weight excluding hydrogens is 287 g/mol. The van der Waals surface area contributed by atoms with Crippen LogP contribution < -0.4 is 5.73 Å². The molecule has 0 aliphatic rings. The van der Waals surface area contributed by atoms with E-state index in [0.717, 1.165) is 10.4 Å². The summed E-state index contributed by atoms with van der Waals surface area (Å²) in [7, 11) is 1.69. The van der Waals surface area contributed by atoms with E-state index in [0.29, 0.717) is 18.7 Å². The van der Waals surface area contributed by atoms with E-state index in [1.807, 2.05) is 11.4 Å². The highest BCUT2D eigenvalue weighted by molar-refractivity contribution is 7.10. The number of hydrogen-bond acceptors (Lipinski definition) is 3. The van der Waals surface area contributed by atoms with Gasteiger partial charge in [-0.15, -0.1) is 11.3 Å². The zero-order valence-corrected chi connectivity index (χ0v) is 12.4. The van der Waals surface area contributed by atoms with Gasteiger partial charge in [-0.3, -0.25) is 4.79 Å². The average Bonchev–Trinajstić information content (AvgIpc) is 2.91. The van der Waals surface area contributed by atoms with Crippen LogP contribution in [0.25, 0.3) is 0 Å². The van der Waals surface area contributed by atoms with Gasteiger partial charge >= 0.3 is 0 Å². The lowest BCUT2D eigenvalue weighted by Crippen LogP contribution is -2.26. The Kier molecular flexibility index (Phi) is 5.09.